The predicted octanol–water partition coefficient (Wildman–Crippen LogP) is 15.9. The predicted molar refractivity (Wildman–Crippen MR) is 308 cm³/mol. The van der Waals surface area contributed by atoms with Crippen molar-refractivity contribution in [1.82, 2.24) is 0 Å². The van der Waals surface area contributed by atoms with Gasteiger partial charge in [-0.2, -0.15) is 0 Å². The molecule has 3 N–H and O–H groups in total. The number of hydrogen-bond acceptors (Lipinski definition) is 9. The van der Waals surface area contributed by atoms with Gasteiger partial charge in [0.25, 0.3) is 0 Å². The second-order valence-corrected chi connectivity index (χ2v) is 38.7. The normalized spacial score (nSPS) is 31.6. The Labute approximate surface area is 451 Å². The fraction of sp³-hybridized carbons (Fsp3) is 0.935. The molecule has 0 spiro atoms. The van der Waals surface area contributed by atoms with Crippen molar-refractivity contribution < 1.29 is 43.2 Å². The summed E-state index contributed by atoms with van der Waals surface area (Å²) in [7, 11) is -3.63. The lowest BCUT2D eigenvalue weighted by atomic mass is 9.55. The fourth-order valence-corrected chi connectivity index (χ4v) is 17.5. The zero-order valence-electron chi connectivity index (χ0n) is 51.3. The molecule has 5 aliphatic carbocycles. The molecule has 0 aromatic heterocycles. The third-order valence-electron chi connectivity index (χ3n) is 20.5. The Morgan fingerprint density at radius 1 is 0.630 bits per heavy atom. The van der Waals surface area contributed by atoms with Gasteiger partial charge in [-0.05, 0) is 232 Å². The van der Waals surface area contributed by atoms with Crippen LogP contribution in [-0.4, -0.2) is 87.1 Å². The first kappa shape index (κ1) is 66.2. The Bertz CT molecular complexity index is 1740. The van der Waals surface area contributed by atoms with Crippen LogP contribution >= 0.6 is 0 Å². The summed E-state index contributed by atoms with van der Waals surface area (Å²) in [4.78, 5) is 24.1. The Hall–Kier alpha value is -1.09. The van der Waals surface area contributed by atoms with E-state index >= 15 is 0 Å². The zero-order valence-corrected chi connectivity index (χ0v) is 53.3. The molecule has 0 radical (unpaired) electrons. The largest absolute Gasteiger partial charge is 0.466 e. The van der Waals surface area contributed by atoms with Gasteiger partial charge in [-0.25, -0.2) is 4.79 Å². The van der Waals surface area contributed by atoms with E-state index in [0.717, 1.165) is 57.8 Å². The van der Waals surface area contributed by atoms with Crippen molar-refractivity contribution in [2.45, 2.75) is 299 Å². The van der Waals surface area contributed by atoms with Crippen LogP contribution in [0.2, 0.25) is 36.3 Å². The van der Waals surface area contributed by atoms with Crippen LogP contribution in [0.4, 0.5) is 0 Å². The molecule has 7 unspecified atom stereocenters. The average molecular weight is 1060 g/mol. The molecule has 0 aromatic rings. The van der Waals surface area contributed by atoms with E-state index in [1.165, 1.54) is 64.2 Å². The number of esters is 2. The molecule has 0 aromatic carbocycles. The number of rotatable bonds is 22. The number of aliphatic hydroxyl groups excluding tert-OH is 1. The molecule has 5 rings (SSSR count). The highest BCUT2D eigenvalue weighted by Crippen LogP contribution is 2.73. The second-order valence-electron chi connectivity index (χ2n) is 29.2. The van der Waals surface area contributed by atoms with Crippen molar-refractivity contribution >= 4 is 28.6 Å². The Morgan fingerprint density at radius 3 is 1.59 bits per heavy atom. The minimum atomic E-state index is -1.82. The highest BCUT2D eigenvalue weighted by atomic mass is 28.4. The number of allylic oxidation sites excluding steroid dienone is 1. The lowest BCUT2D eigenvalue weighted by molar-refractivity contribution is -0.143. The molecule has 0 amide bonds. The number of carbonyl (C=O) groups is 2. The van der Waals surface area contributed by atoms with Crippen LogP contribution in [0.25, 0.3) is 0 Å². The van der Waals surface area contributed by atoms with Gasteiger partial charge in [-0.1, -0.05) is 94.1 Å². The summed E-state index contributed by atoms with van der Waals surface area (Å²) in [6.45, 7) is 45.5. The molecule has 5 fully saturated rings. The number of carbonyl (C=O) groups excluding carboxylic acids is 2. The van der Waals surface area contributed by atoms with E-state index in [0.29, 0.717) is 72.3 Å². The van der Waals surface area contributed by atoms with Crippen LogP contribution in [0.5, 0.6) is 0 Å². The van der Waals surface area contributed by atoms with Crippen molar-refractivity contribution in [3.05, 3.63) is 12.2 Å². The molecular formula is C62H118O9Si2. The van der Waals surface area contributed by atoms with Crippen LogP contribution < -0.4 is 0 Å². The van der Waals surface area contributed by atoms with Crippen LogP contribution in [0, 0.1) is 51.2 Å². The van der Waals surface area contributed by atoms with E-state index in [9.17, 15) is 19.8 Å². The van der Waals surface area contributed by atoms with Gasteiger partial charge in [0, 0.05) is 31.3 Å². The smallest absolute Gasteiger partial charge is 0.330 e. The Kier molecular flexibility index (Phi) is 23.8. The lowest BCUT2D eigenvalue weighted by Crippen LogP contribution is -2.51. The number of fused-ring (bicyclic) bond motifs is 2. The van der Waals surface area contributed by atoms with E-state index in [1.807, 2.05) is 41.5 Å². The first-order chi connectivity index (χ1) is 33.4. The van der Waals surface area contributed by atoms with Crippen LogP contribution in [0.15, 0.2) is 12.2 Å². The first-order valence-electron chi connectivity index (χ1n) is 29.8. The van der Waals surface area contributed by atoms with E-state index in [-0.39, 0.29) is 39.5 Å². The van der Waals surface area contributed by atoms with E-state index in [2.05, 4.69) is 94.6 Å². The monoisotopic (exact) mass is 1060 g/mol. The molecule has 73 heavy (non-hydrogen) atoms. The first-order valence-corrected chi connectivity index (χ1v) is 35.7. The molecule has 5 aliphatic rings. The Balaban J connectivity index is 0.000000366. The van der Waals surface area contributed by atoms with Crippen molar-refractivity contribution in [2.24, 2.45) is 51.2 Å². The van der Waals surface area contributed by atoms with Gasteiger partial charge in [0.1, 0.15) is 0 Å². The summed E-state index contributed by atoms with van der Waals surface area (Å²) in [6, 6.07) is 0. The van der Waals surface area contributed by atoms with Gasteiger partial charge in [-0.15, -0.1) is 0 Å². The van der Waals surface area contributed by atoms with Gasteiger partial charge >= 0.3 is 11.9 Å². The Morgan fingerprint density at radius 2 is 1.10 bits per heavy atom. The average Bonchev–Trinajstić information content (AvgIpc) is 3.59. The maximum Gasteiger partial charge on any atom is 0.330 e. The maximum atomic E-state index is 12.1. The van der Waals surface area contributed by atoms with E-state index in [4.69, 9.17) is 23.4 Å². The second kappa shape index (κ2) is 26.2. The van der Waals surface area contributed by atoms with Crippen molar-refractivity contribution in [1.29, 1.82) is 0 Å². The molecule has 0 bridgehead atoms. The minimum absolute atomic E-state index is 0.0673. The van der Waals surface area contributed by atoms with Crippen LogP contribution in [0.1, 0.15) is 239 Å². The summed E-state index contributed by atoms with van der Waals surface area (Å²) in [5.41, 5.74) is -0.246. The highest BCUT2D eigenvalue weighted by molar-refractivity contribution is 6.74. The molecule has 9 nitrogen and oxygen atoms in total. The molecular weight excluding hydrogens is 945 g/mol. The maximum absolute atomic E-state index is 12.1. The summed E-state index contributed by atoms with van der Waals surface area (Å²) < 4.78 is 24.6. The van der Waals surface area contributed by atoms with Gasteiger partial charge in [0.15, 0.2) is 16.6 Å². The molecule has 0 heterocycles. The van der Waals surface area contributed by atoms with Gasteiger partial charge in [0.05, 0.1) is 24.4 Å². The summed E-state index contributed by atoms with van der Waals surface area (Å²) >= 11 is 0. The van der Waals surface area contributed by atoms with Gasteiger partial charge in [-0.3, -0.25) is 4.79 Å². The topological polar surface area (TPSA) is 132 Å². The quantitative estimate of drug-likeness (QED) is 0.0551. The molecule has 428 valence electrons. The number of hydrogen-bond donors (Lipinski definition) is 3. The highest BCUT2D eigenvalue weighted by Gasteiger charge is 2.66. The number of aliphatic hydroxyl groups is 3. The van der Waals surface area contributed by atoms with Gasteiger partial charge < -0.3 is 33.6 Å². The number of ether oxygens (including phenoxy) is 2. The van der Waals surface area contributed by atoms with Crippen LogP contribution in [0.3, 0.4) is 0 Å². The lowest BCUT2D eigenvalue weighted by Gasteiger charge is -2.52. The molecule has 0 saturated heterocycles. The van der Waals surface area contributed by atoms with E-state index in [1.54, 1.807) is 13.0 Å². The summed E-state index contributed by atoms with van der Waals surface area (Å²) in [6.07, 6.45) is 26.7. The molecule has 5 saturated carbocycles. The van der Waals surface area contributed by atoms with Crippen molar-refractivity contribution in [3.8, 4) is 0 Å². The van der Waals surface area contributed by atoms with E-state index < -0.39 is 27.8 Å². The molecule has 11 heteroatoms. The van der Waals surface area contributed by atoms with Gasteiger partial charge in [0.2, 0.25) is 0 Å². The third kappa shape index (κ3) is 17.7. The van der Waals surface area contributed by atoms with Crippen molar-refractivity contribution in [3.63, 3.8) is 0 Å². The minimum Gasteiger partial charge on any atom is -0.466 e. The van der Waals surface area contributed by atoms with Crippen LogP contribution in [-0.2, 0) is 27.9 Å². The summed E-state index contributed by atoms with van der Waals surface area (Å²) in [5.74, 6) is 2.71. The fourth-order valence-electron chi connectivity index (χ4n) is 14.7. The standard InChI is InChI=1S/C30H54O4Si.C30H58O4Si.C2H6O/c1-10-33-26(31)17-14-22-21-30(22,20-12-18-28(5,6)32)25-16-15-23-24(13-11-19-29(23,25)7)34-35(8,9)27(2,3)4;1-11-33-26(31)16-13-20-29(7,21-14-19-28(5,6)32)25-18-17-23-24(15-12-22-30(23,25)8)34-35(9,10)27(2,3)4;1-2-3/h14,17,22-25,32H,10-13,15-16,18-21H2,1-9H3;23-25,32H,11-22H2,1-10H3;3H,2H2,1H3/t22?,23?,24-,25?,29-,30?;23?,24-,25?,29?,30-;/m00./s1. The van der Waals surface area contributed by atoms with Crippen molar-refractivity contribution in [2.75, 3.05) is 19.8 Å². The molecule has 0 aliphatic heterocycles. The third-order valence-corrected chi connectivity index (χ3v) is 29.5. The zero-order chi connectivity index (χ0) is 55.7. The SMILES string of the molecule is CCO.CCOC(=O)C=CC1CC1(CCCC(C)(C)O)C1CCC2[C@@H](O[Si](C)(C)C(C)(C)C)CCC[C@@]21C.CCOC(=O)CCCC(C)(CCCC(C)(C)O)C1CCC2[C@@H](O[Si](C)(C)C(C)(C)C)CCC[C@@]21C. The molecule has 11 atom stereocenters. The summed E-state index contributed by atoms with van der Waals surface area (Å²) in [5, 5.41) is 28.8.